The van der Waals surface area contributed by atoms with Crippen molar-refractivity contribution in [3.05, 3.63) is 60.3 Å². The Balaban J connectivity index is 2.13. The Morgan fingerprint density at radius 3 is 2.45 bits per heavy atom. The number of hydrogen-bond donors (Lipinski definition) is 1. The van der Waals surface area contributed by atoms with Crippen LogP contribution in [0.2, 0.25) is 0 Å². The molecular formula is C17H14N2O3. The number of pyridine rings is 1. The number of hydrogen-bond acceptors (Lipinski definition) is 3. The third-order valence-corrected chi connectivity index (χ3v) is 3.43. The molecule has 0 atom stereocenters. The number of carbonyl (C=O) groups excluding carboxylic acids is 1. The maximum absolute atomic E-state index is 12.5. The Hall–Kier alpha value is -2.95. The Bertz CT molecular complexity index is 837. The summed E-state index contributed by atoms with van der Waals surface area (Å²) in [6.45, 7) is 0. The highest BCUT2D eigenvalue weighted by Gasteiger charge is 2.21. The van der Waals surface area contributed by atoms with Crippen molar-refractivity contribution < 1.29 is 14.7 Å². The SMILES string of the molecule is O=C(O)CCC(=O)c1c(-c2ccccc2)nn2ccccc12. The molecule has 5 heteroatoms. The smallest absolute Gasteiger partial charge is 0.303 e. The average molecular weight is 294 g/mol. The zero-order chi connectivity index (χ0) is 15.5. The highest BCUT2D eigenvalue weighted by atomic mass is 16.4. The zero-order valence-electron chi connectivity index (χ0n) is 11.8. The lowest BCUT2D eigenvalue weighted by Crippen LogP contribution is -2.04. The van der Waals surface area contributed by atoms with Gasteiger partial charge in [0.05, 0.1) is 17.5 Å². The molecule has 0 fully saturated rings. The van der Waals surface area contributed by atoms with Crippen LogP contribution in [0.3, 0.4) is 0 Å². The third-order valence-electron chi connectivity index (χ3n) is 3.43. The van der Waals surface area contributed by atoms with Crippen LogP contribution in [-0.2, 0) is 4.79 Å². The number of nitrogens with zero attached hydrogens (tertiary/aromatic N) is 2. The van der Waals surface area contributed by atoms with Gasteiger partial charge >= 0.3 is 5.97 Å². The largest absolute Gasteiger partial charge is 0.481 e. The first-order valence-corrected chi connectivity index (χ1v) is 6.94. The van der Waals surface area contributed by atoms with E-state index in [1.54, 1.807) is 10.7 Å². The van der Waals surface area contributed by atoms with Gasteiger partial charge in [0.15, 0.2) is 5.78 Å². The van der Waals surface area contributed by atoms with E-state index in [9.17, 15) is 9.59 Å². The summed E-state index contributed by atoms with van der Waals surface area (Å²) in [4.78, 5) is 23.2. The van der Waals surface area contributed by atoms with Gasteiger partial charge in [-0.3, -0.25) is 9.59 Å². The van der Waals surface area contributed by atoms with E-state index in [1.165, 1.54) is 0 Å². The topological polar surface area (TPSA) is 71.7 Å². The quantitative estimate of drug-likeness (QED) is 0.734. The van der Waals surface area contributed by atoms with Gasteiger partial charge in [0.25, 0.3) is 0 Å². The van der Waals surface area contributed by atoms with Crippen LogP contribution in [-0.4, -0.2) is 26.5 Å². The fourth-order valence-corrected chi connectivity index (χ4v) is 2.42. The first kappa shape index (κ1) is 14.0. The number of aliphatic carboxylic acids is 1. The number of carboxylic acid groups (broad SMARTS) is 1. The van der Waals surface area contributed by atoms with Crippen LogP contribution >= 0.6 is 0 Å². The van der Waals surface area contributed by atoms with Gasteiger partial charge in [-0.15, -0.1) is 0 Å². The molecular weight excluding hydrogens is 280 g/mol. The van der Waals surface area contributed by atoms with Gasteiger partial charge in [0.1, 0.15) is 5.69 Å². The molecule has 0 aliphatic rings. The van der Waals surface area contributed by atoms with E-state index in [0.29, 0.717) is 16.8 Å². The summed E-state index contributed by atoms with van der Waals surface area (Å²) in [7, 11) is 0. The molecule has 3 rings (SSSR count). The van der Waals surface area contributed by atoms with Crippen molar-refractivity contribution in [1.29, 1.82) is 0 Å². The van der Waals surface area contributed by atoms with Crippen LogP contribution in [0.25, 0.3) is 16.8 Å². The summed E-state index contributed by atoms with van der Waals surface area (Å²) >= 11 is 0. The average Bonchev–Trinajstić information content (AvgIpc) is 2.93. The predicted molar refractivity (Wildman–Crippen MR) is 81.8 cm³/mol. The first-order valence-electron chi connectivity index (χ1n) is 6.94. The fourth-order valence-electron chi connectivity index (χ4n) is 2.42. The minimum Gasteiger partial charge on any atom is -0.481 e. The molecule has 0 spiro atoms. The molecule has 5 nitrogen and oxygen atoms in total. The second kappa shape index (κ2) is 5.81. The van der Waals surface area contributed by atoms with Crippen molar-refractivity contribution in [1.82, 2.24) is 9.61 Å². The lowest BCUT2D eigenvalue weighted by Gasteiger charge is -2.02. The molecule has 2 heterocycles. The van der Waals surface area contributed by atoms with E-state index < -0.39 is 5.97 Å². The number of carbonyl (C=O) groups is 2. The summed E-state index contributed by atoms with van der Waals surface area (Å²) in [6, 6.07) is 14.9. The number of Topliss-reactive ketones (excluding diaryl/α,β-unsaturated/α-hetero) is 1. The molecule has 1 N–H and O–H groups in total. The van der Waals surface area contributed by atoms with E-state index in [4.69, 9.17) is 5.11 Å². The monoisotopic (exact) mass is 294 g/mol. The summed E-state index contributed by atoms with van der Waals surface area (Å²) in [5.41, 5.74) is 2.59. The number of benzene rings is 1. The summed E-state index contributed by atoms with van der Waals surface area (Å²) < 4.78 is 1.65. The van der Waals surface area contributed by atoms with E-state index in [1.807, 2.05) is 48.5 Å². The zero-order valence-corrected chi connectivity index (χ0v) is 11.8. The fraction of sp³-hybridized carbons (Fsp3) is 0.118. The van der Waals surface area contributed by atoms with Gasteiger partial charge < -0.3 is 5.11 Å². The Labute approximate surface area is 126 Å². The lowest BCUT2D eigenvalue weighted by atomic mass is 10.0. The molecule has 110 valence electrons. The molecule has 0 radical (unpaired) electrons. The van der Waals surface area contributed by atoms with Crippen molar-refractivity contribution in [2.75, 3.05) is 0 Å². The van der Waals surface area contributed by atoms with Gasteiger partial charge in [-0.05, 0) is 12.1 Å². The molecule has 0 saturated carbocycles. The van der Waals surface area contributed by atoms with Crippen LogP contribution in [0.4, 0.5) is 0 Å². The summed E-state index contributed by atoms with van der Waals surface area (Å²) in [6.07, 6.45) is 1.55. The van der Waals surface area contributed by atoms with Gasteiger partial charge in [0, 0.05) is 18.2 Å². The number of fused-ring (bicyclic) bond motifs is 1. The van der Waals surface area contributed by atoms with Crippen molar-refractivity contribution in [3.63, 3.8) is 0 Å². The maximum Gasteiger partial charge on any atom is 0.303 e. The number of ketones is 1. The Kier molecular flexibility index (Phi) is 3.70. The van der Waals surface area contributed by atoms with Gasteiger partial charge in [-0.1, -0.05) is 36.4 Å². The highest BCUT2D eigenvalue weighted by Crippen LogP contribution is 2.27. The van der Waals surface area contributed by atoms with E-state index in [2.05, 4.69) is 5.10 Å². The minimum absolute atomic E-state index is 0.0363. The second-order valence-corrected chi connectivity index (χ2v) is 4.94. The van der Waals surface area contributed by atoms with Crippen molar-refractivity contribution >= 4 is 17.3 Å². The normalized spacial score (nSPS) is 10.7. The van der Waals surface area contributed by atoms with Crippen LogP contribution in [0.15, 0.2) is 54.7 Å². The molecule has 3 aromatic rings. The van der Waals surface area contributed by atoms with Crippen LogP contribution in [0.5, 0.6) is 0 Å². The van der Waals surface area contributed by atoms with Crippen molar-refractivity contribution in [2.45, 2.75) is 12.8 Å². The van der Waals surface area contributed by atoms with E-state index in [0.717, 1.165) is 5.56 Å². The molecule has 0 saturated heterocycles. The summed E-state index contributed by atoms with van der Waals surface area (Å²) in [5, 5.41) is 13.3. The molecule has 22 heavy (non-hydrogen) atoms. The van der Waals surface area contributed by atoms with E-state index >= 15 is 0 Å². The maximum atomic E-state index is 12.5. The molecule has 0 unspecified atom stereocenters. The predicted octanol–water partition coefficient (Wildman–Crippen LogP) is 3.05. The molecule has 0 aliphatic heterocycles. The van der Waals surface area contributed by atoms with Crippen molar-refractivity contribution in [2.24, 2.45) is 0 Å². The van der Waals surface area contributed by atoms with Crippen LogP contribution in [0, 0.1) is 0 Å². The standard InChI is InChI=1S/C17H14N2O3/c20-14(9-10-15(21)22)16-13-8-4-5-11-19(13)18-17(16)12-6-2-1-3-7-12/h1-8,11H,9-10H2,(H,21,22). The Morgan fingerprint density at radius 1 is 1.00 bits per heavy atom. The molecule has 0 aliphatic carbocycles. The lowest BCUT2D eigenvalue weighted by molar-refractivity contribution is -0.136. The first-order chi connectivity index (χ1) is 10.7. The number of rotatable bonds is 5. The molecule has 0 bridgehead atoms. The third kappa shape index (κ3) is 2.61. The van der Waals surface area contributed by atoms with Crippen LogP contribution < -0.4 is 0 Å². The molecule has 0 amide bonds. The minimum atomic E-state index is -0.980. The van der Waals surface area contributed by atoms with E-state index in [-0.39, 0.29) is 18.6 Å². The number of carboxylic acids is 1. The van der Waals surface area contributed by atoms with Crippen LogP contribution in [0.1, 0.15) is 23.2 Å². The Morgan fingerprint density at radius 2 is 1.73 bits per heavy atom. The van der Waals surface area contributed by atoms with Gasteiger partial charge in [-0.25, -0.2) is 4.52 Å². The van der Waals surface area contributed by atoms with Gasteiger partial charge in [-0.2, -0.15) is 5.10 Å². The molecule has 2 aromatic heterocycles. The highest BCUT2D eigenvalue weighted by molar-refractivity contribution is 6.08. The van der Waals surface area contributed by atoms with Crippen molar-refractivity contribution in [3.8, 4) is 11.3 Å². The summed E-state index contributed by atoms with van der Waals surface area (Å²) in [5.74, 6) is -1.19. The molecule has 1 aromatic carbocycles. The number of aromatic nitrogens is 2. The second-order valence-electron chi connectivity index (χ2n) is 4.94. The van der Waals surface area contributed by atoms with Gasteiger partial charge in [0.2, 0.25) is 0 Å².